The number of hydrogen-bond acceptors (Lipinski definition) is 6. The molecular weight excluding hydrogens is 531 g/mol. The second-order valence-electron chi connectivity index (χ2n) is 11.5. The predicted molar refractivity (Wildman–Crippen MR) is 158 cm³/mol. The highest BCUT2D eigenvalue weighted by Gasteiger charge is 2.43. The van der Waals surface area contributed by atoms with Crippen LogP contribution in [0.5, 0.6) is 0 Å². The lowest BCUT2D eigenvalue weighted by Gasteiger charge is -2.34. The van der Waals surface area contributed by atoms with Gasteiger partial charge in [-0.2, -0.15) is 0 Å². The molecule has 10 heteroatoms. The summed E-state index contributed by atoms with van der Waals surface area (Å²) >= 11 is 1.59. The van der Waals surface area contributed by atoms with Crippen LogP contribution in [0.2, 0.25) is 0 Å². The van der Waals surface area contributed by atoms with Crippen LogP contribution < -0.4 is 10.6 Å². The minimum absolute atomic E-state index is 0.0615. The highest BCUT2D eigenvalue weighted by atomic mass is 32.1. The number of halogens is 1. The number of carbonyl (C=O) groups excluding carboxylic acids is 3. The Balaban J connectivity index is 0.000000706. The van der Waals surface area contributed by atoms with Gasteiger partial charge in [0.25, 0.3) is 0 Å². The fourth-order valence-electron chi connectivity index (χ4n) is 4.32. The molecule has 2 heterocycles. The Labute approximate surface area is 241 Å². The molecule has 1 saturated heterocycles. The van der Waals surface area contributed by atoms with Gasteiger partial charge >= 0.3 is 0 Å². The number of rotatable bonds is 7. The highest BCUT2D eigenvalue weighted by Crippen LogP contribution is 2.38. The molecule has 1 aromatic carbocycles. The lowest BCUT2D eigenvalue weighted by atomic mass is 9.85. The van der Waals surface area contributed by atoms with Crippen molar-refractivity contribution in [2.24, 2.45) is 5.41 Å². The van der Waals surface area contributed by atoms with Gasteiger partial charge in [0, 0.05) is 19.5 Å². The number of benzene rings is 1. The van der Waals surface area contributed by atoms with Crippen LogP contribution in [-0.2, 0) is 20.9 Å². The van der Waals surface area contributed by atoms with Crippen molar-refractivity contribution in [3.8, 4) is 10.4 Å². The molecule has 1 saturated carbocycles. The molecule has 1 aliphatic carbocycles. The number of likely N-dealkylation sites (tertiary alicyclic amines) is 1. The maximum atomic E-state index is 13.2. The quantitative estimate of drug-likeness (QED) is 0.414. The lowest BCUT2D eigenvalue weighted by molar-refractivity contribution is -0.143. The Kier molecular flexibility index (Phi) is 11.8. The average Bonchev–Trinajstić information content (AvgIpc) is 3.24. The van der Waals surface area contributed by atoms with Crippen LogP contribution >= 0.6 is 11.3 Å². The fraction of sp³-hybridized carbons (Fsp3) is 0.600. The third-order valence-electron chi connectivity index (χ3n) is 6.95. The van der Waals surface area contributed by atoms with Gasteiger partial charge in [-0.3, -0.25) is 14.4 Å². The van der Waals surface area contributed by atoms with Crippen LogP contribution in [0.15, 0.2) is 23.7 Å². The van der Waals surface area contributed by atoms with Crippen LogP contribution in [-0.4, -0.2) is 63.6 Å². The molecule has 2 aromatic rings. The molecule has 0 bridgehead atoms. The Hall–Kier alpha value is -2.85. The fourth-order valence-corrected chi connectivity index (χ4v) is 5.12. The first kappa shape index (κ1) is 33.4. The Bertz CT molecular complexity index is 1150. The number of nitrogens with one attached hydrogen (secondary N) is 2. The predicted octanol–water partition coefficient (Wildman–Crippen LogP) is 4.70. The minimum atomic E-state index is -0.791. The summed E-state index contributed by atoms with van der Waals surface area (Å²) in [6.07, 6.45) is 1.44. The van der Waals surface area contributed by atoms with E-state index in [1.807, 2.05) is 66.1 Å². The van der Waals surface area contributed by atoms with Gasteiger partial charge in [0.05, 0.1) is 22.2 Å². The number of aromatic nitrogens is 1. The number of hydrogen-bond donors (Lipinski definition) is 3. The largest absolute Gasteiger partial charge is 0.391 e. The van der Waals surface area contributed by atoms with E-state index in [1.54, 1.807) is 18.3 Å². The van der Waals surface area contributed by atoms with Gasteiger partial charge in [0.15, 0.2) is 0 Å². The topological polar surface area (TPSA) is 112 Å². The summed E-state index contributed by atoms with van der Waals surface area (Å²) < 4.78 is 11.8. The molecule has 40 heavy (non-hydrogen) atoms. The van der Waals surface area contributed by atoms with Crippen molar-refractivity contribution in [3.63, 3.8) is 0 Å². The molecule has 0 spiro atoms. The molecule has 4 rings (SSSR count). The highest BCUT2D eigenvalue weighted by molar-refractivity contribution is 7.13. The zero-order valence-corrected chi connectivity index (χ0v) is 25.8. The van der Waals surface area contributed by atoms with Gasteiger partial charge < -0.3 is 20.6 Å². The molecule has 3 amide bonds. The van der Waals surface area contributed by atoms with Crippen molar-refractivity contribution < 1.29 is 23.9 Å². The molecule has 1 aliphatic heterocycles. The zero-order chi connectivity index (χ0) is 30.3. The molecule has 222 valence electrons. The molecule has 3 unspecified atom stereocenters. The van der Waals surface area contributed by atoms with Gasteiger partial charge in [-0.05, 0) is 55.7 Å². The lowest BCUT2D eigenvalue weighted by Crippen LogP contribution is -2.56. The van der Waals surface area contributed by atoms with Crippen LogP contribution in [0.1, 0.15) is 77.6 Å². The number of aliphatic hydroxyl groups is 1. The Morgan fingerprint density at radius 1 is 1.27 bits per heavy atom. The van der Waals surface area contributed by atoms with Crippen molar-refractivity contribution in [2.45, 2.75) is 105 Å². The number of amides is 3. The van der Waals surface area contributed by atoms with Gasteiger partial charge in [-0.1, -0.05) is 52.8 Å². The van der Waals surface area contributed by atoms with E-state index in [4.69, 9.17) is 0 Å². The smallest absolute Gasteiger partial charge is 0.246 e. The van der Waals surface area contributed by atoms with E-state index in [0.29, 0.717) is 13.0 Å². The van der Waals surface area contributed by atoms with Gasteiger partial charge in [-0.15, -0.1) is 11.3 Å². The molecule has 2 aliphatic rings. The van der Waals surface area contributed by atoms with Gasteiger partial charge in [0.2, 0.25) is 18.2 Å². The van der Waals surface area contributed by atoms with Gasteiger partial charge in [0.1, 0.15) is 17.8 Å². The molecule has 3 N–H and O–H groups in total. The second kappa shape index (κ2) is 14.2. The maximum absolute atomic E-state index is 13.2. The number of β-amino-alcohol motifs (C(OH)–C–C–N with tert-alkyl or cyclic N) is 1. The molecule has 0 radical (unpaired) electrons. The standard InChI is InChI=1S/C24H32N4O4S.C4H7F.C2H6/c1-14-8-16(20-15(2)27-13-33-20)6-7-17(14)10-25-22(31)19-9-18(30)11-28(19)23(32)21(26-12-29)24(3,4)5;1-4(5)2-3-4;1-2/h6-8,12-13,18-19,21,30H,9-11H2,1-5H3,(H,25,31)(H,26,29);2-3H2,1H3;1-2H3. The first-order valence-corrected chi connectivity index (χ1v) is 14.8. The van der Waals surface area contributed by atoms with Crippen molar-refractivity contribution in [1.82, 2.24) is 20.5 Å². The number of thiazole rings is 1. The van der Waals surface area contributed by atoms with Crippen molar-refractivity contribution in [2.75, 3.05) is 6.54 Å². The molecular formula is C30H45FN4O4S. The van der Waals surface area contributed by atoms with E-state index in [0.717, 1.165) is 40.1 Å². The van der Waals surface area contributed by atoms with Crippen molar-refractivity contribution >= 4 is 29.6 Å². The van der Waals surface area contributed by atoms with E-state index in [1.165, 1.54) is 4.90 Å². The summed E-state index contributed by atoms with van der Waals surface area (Å²) in [6, 6.07) is 4.50. The van der Waals surface area contributed by atoms with Crippen LogP contribution in [0, 0.1) is 19.3 Å². The van der Waals surface area contributed by atoms with E-state index in [-0.39, 0.29) is 24.8 Å². The number of aryl methyl sites for hydroxylation is 2. The maximum Gasteiger partial charge on any atom is 0.246 e. The van der Waals surface area contributed by atoms with E-state index in [2.05, 4.69) is 21.7 Å². The second-order valence-corrected chi connectivity index (χ2v) is 12.4. The van der Waals surface area contributed by atoms with E-state index in [9.17, 15) is 23.9 Å². The summed E-state index contributed by atoms with van der Waals surface area (Å²) in [5.41, 5.74) is 4.63. The first-order chi connectivity index (χ1) is 18.7. The summed E-state index contributed by atoms with van der Waals surface area (Å²) in [7, 11) is 0. The van der Waals surface area contributed by atoms with E-state index < -0.39 is 29.3 Å². The number of alkyl halides is 1. The van der Waals surface area contributed by atoms with Crippen LogP contribution in [0.25, 0.3) is 10.4 Å². The minimum Gasteiger partial charge on any atom is -0.391 e. The SMILES string of the molecule is CC.CC1(F)CC1.Cc1cc(-c2scnc2C)ccc1CNC(=O)C1CC(O)CN1C(=O)C(NC=O)C(C)(C)C. The van der Waals surface area contributed by atoms with Crippen molar-refractivity contribution in [1.29, 1.82) is 0 Å². The zero-order valence-electron chi connectivity index (χ0n) is 25.0. The molecule has 2 fully saturated rings. The number of carbonyl (C=O) groups is 3. The average molecular weight is 577 g/mol. The monoisotopic (exact) mass is 576 g/mol. The van der Waals surface area contributed by atoms with Crippen molar-refractivity contribution in [3.05, 3.63) is 40.5 Å². The summed E-state index contributed by atoms with van der Waals surface area (Å²) in [5.74, 6) is -0.688. The third-order valence-corrected chi connectivity index (χ3v) is 7.93. The molecule has 8 nitrogen and oxygen atoms in total. The number of aliphatic hydroxyl groups excluding tert-OH is 1. The molecule has 1 aromatic heterocycles. The summed E-state index contributed by atoms with van der Waals surface area (Å²) in [6.45, 7) is 15.5. The Morgan fingerprint density at radius 2 is 1.90 bits per heavy atom. The summed E-state index contributed by atoms with van der Waals surface area (Å²) in [5, 5.41) is 15.7. The normalized spacial score (nSPS) is 19.8. The van der Waals surface area contributed by atoms with E-state index >= 15 is 0 Å². The van der Waals surface area contributed by atoms with Crippen LogP contribution in [0.4, 0.5) is 4.39 Å². The third kappa shape index (κ3) is 9.09. The summed E-state index contributed by atoms with van der Waals surface area (Å²) in [4.78, 5) is 44.0. The first-order valence-electron chi connectivity index (χ1n) is 13.9. The molecule has 3 atom stereocenters. The Morgan fingerprint density at radius 3 is 2.38 bits per heavy atom. The van der Waals surface area contributed by atoms with Gasteiger partial charge in [-0.25, -0.2) is 9.37 Å². The number of nitrogens with zero attached hydrogens (tertiary/aromatic N) is 2. The van der Waals surface area contributed by atoms with Crippen LogP contribution in [0.3, 0.4) is 0 Å².